The molecule has 1 aliphatic rings. The quantitative estimate of drug-likeness (QED) is 0.561. The number of rotatable bonds is 4. The Balaban J connectivity index is 1.91. The van der Waals surface area contributed by atoms with E-state index in [2.05, 4.69) is 10.3 Å². The zero-order chi connectivity index (χ0) is 18.3. The molecule has 0 amide bonds. The Bertz CT molecular complexity index is 1070. The van der Waals surface area contributed by atoms with Gasteiger partial charge in [-0.2, -0.15) is 0 Å². The van der Waals surface area contributed by atoms with E-state index in [9.17, 15) is 10.1 Å². The van der Waals surface area contributed by atoms with E-state index in [1.54, 1.807) is 6.07 Å². The number of nitro benzene ring substituents is 1. The van der Waals surface area contributed by atoms with Crippen LogP contribution in [0.2, 0.25) is 0 Å². The summed E-state index contributed by atoms with van der Waals surface area (Å²) in [6.45, 7) is 0. The molecule has 0 spiro atoms. The van der Waals surface area contributed by atoms with Gasteiger partial charge in [-0.05, 0) is 23.6 Å². The zero-order valence-corrected chi connectivity index (χ0v) is 14.1. The van der Waals surface area contributed by atoms with Crippen LogP contribution in [0.25, 0.3) is 10.8 Å². The highest BCUT2D eigenvalue weighted by Gasteiger charge is 2.24. The topological polar surface area (TPSA) is 86.0 Å². The number of hydrogen-bond acceptors (Lipinski definition) is 6. The van der Waals surface area contributed by atoms with Crippen molar-refractivity contribution >= 4 is 33.7 Å². The number of benzene rings is 3. The van der Waals surface area contributed by atoms with Gasteiger partial charge in [0, 0.05) is 22.7 Å². The van der Waals surface area contributed by atoms with Crippen LogP contribution >= 0.6 is 0 Å². The maximum Gasteiger partial charge on any atom is 0.315 e. The molecule has 3 aromatic carbocycles. The molecule has 0 saturated heterocycles. The van der Waals surface area contributed by atoms with Gasteiger partial charge in [0.15, 0.2) is 5.75 Å². The molecule has 0 aliphatic carbocycles. The van der Waals surface area contributed by atoms with Crippen LogP contribution < -0.4 is 14.8 Å². The number of nitrogens with zero attached hydrogens (tertiary/aromatic N) is 2. The second kappa shape index (κ2) is 6.03. The molecular weight excluding hydrogens is 334 g/mol. The van der Waals surface area contributed by atoms with Gasteiger partial charge in [0.2, 0.25) is 5.75 Å². The predicted molar refractivity (Wildman–Crippen MR) is 100.0 cm³/mol. The van der Waals surface area contributed by atoms with E-state index >= 15 is 0 Å². The van der Waals surface area contributed by atoms with Crippen molar-refractivity contribution in [2.45, 2.75) is 0 Å². The van der Waals surface area contributed by atoms with Crippen molar-refractivity contribution in [1.29, 1.82) is 0 Å². The van der Waals surface area contributed by atoms with Crippen LogP contribution in [0.4, 0.5) is 17.1 Å². The Morgan fingerprint density at radius 2 is 1.85 bits per heavy atom. The minimum atomic E-state index is -0.497. The Labute approximate surface area is 149 Å². The van der Waals surface area contributed by atoms with Crippen LogP contribution in [0, 0.1) is 10.1 Å². The molecular formula is C19H15N3O4. The lowest BCUT2D eigenvalue weighted by Gasteiger charge is -2.19. The lowest BCUT2D eigenvalue weighted by atomic mass is 10.0. The highest BCUT2D eigenvalue weighted by Crippen LogP contribution is 2.40. The van der Waals surface area contributed by atoms with E-state index in [1.165, 1.54) is 20.3 Å². The number of nitro groups is 1. The minimum absolute atomic E-state index is 0.0835. The second-order valence-electron chi connectivity index (χ2n) is 5.75. The summed E-state index contributed by atoms with van der Waals surface area (Å²) in [4.78, 5) is 15.6. The van der Waals surface area contributed by atoms with Crippen LogP contribution in [0.3, 0.4) is 0 Å². The largest absolute Gasteiger partial charge is 0.493 e. The molecule has 1 aliphatic heterocycles. The summed E-state index contributed by atoms with van der Waals surface area (Å²) >= 11 is 0. The van der Waals surface area contributed by atoms with E-state index < -0.39 is 4.92 Å². The van der Waals surface area contributed by atoms with Crippen LogP contribution in [-0.4, -0.2) is 25.0 Å². The van der Waals surface area contributed by atoms with Crippen LogP contribution in [0.5, 0.6) is 11.5 Å². The van der Waals surface area contributed by atoms with Crippen molar-refractivity contribution in [3.63, 3.8) is 0 Å². The van der Waals surface area contributed by atoms with Crippen LogP contribution in [0.1, 0.15) is 5.56 Å². The molecule has 1 N–H and O–H groups in total. The molecule has 26 heavy (non-hydrogen) atoms. The summed E-state index contributed by atoms with van der Waals surface area (Å²) in [5, 5.41) is 16.8. The summed E-state index contributed by atoms with van der Waals surface area (Å²) in [5.41, 5.74) is 2.08. The number of ether oxygens (including phenoxy) is 2. The average molecular weight is 349 g/mol. The maximum atomic E-state index is 11.4. The first kappa shape index (κ1) is 15.9. The average Bonchev–Trinajstić information content (AvgIpc) is 2.67. The Morgan fingerprint density at radius 3 is 2.54 bits per heavy atom. The third kappa shape index (κ3) is 2.41. The Kier molecular flexibility index (Phi) is 3.69. The van der Waals surface area contributed by atoms with Gasteiger partial charge in [0.05, 0.1) is 24.8 Å². The van der Waals surface area contributed by atoms with Gasteiger partial charge in [-0.1, -0.05) is 24.3 Å². The van der Waals surface area contributed by atoms with Gasteiger partial charge in [-0.15, -0.1) is 0 Å². The Hall–Kier alpha value is -3.61. The standard InChI is InChI=1S/C19H15N3O4/c1-25-16-10-12(9-15(22(23)24)18(16)26-2)19-20-13-7-3-5-11-6-4-8-14(21-19)17(11)13/h3-10H,1-2H3,(H,20,21). The van der Waals surface area contributed by atoms with Crippen molar-refractivity contribution in [3.05, 3.63) is 64.2 Å². The van der Waals surface area contributed by atoms with Crippen molar-refractivity contribution in [1.82, 2.24) is 0 Å². The van der Waals surface area contributed by atoms with Gasteiger partial charge < -0.3 is 14.8 Å². The highest BCUT2D eigenvalue weighted by molar-refractivity contribution is 6.19. The number of anilines is 1. The maximum absolute atomic E-state index is 11.4. The zero-order valence-electron chi connectivity index (χ0n) is 14.1. The number of nitrogens with one attached hydrogen (secondary N) is 1. The van der Waals surface area contributed by atoms with Gasteiger partial charge in [0.25, 0.3) is 0 Å². The monoisotopic (exact) mass is 349 g/mol. The summed E-state index contributed by atoms with van der Waals surface area (Å²) in [7, 11) is 2.81. The molecule has 7 heteroatoms. The number of aliphatic imine (C=N–C) groups is 1. The molecule has 7 nitrogen and oxygen atoms in total. The summed E-state index contributed by atoms with van der Waals surface area (Å²) < 4.78 is 10.4. The summed E-state index contributed by atoms with van der Waals surface area (Å²) in [6, 6.07) is 14.9. The first-order valence-corrected chi connectivity index (χ1v) is 7.90. The predicted octanol–water partition coefficient (Wildman–Crippen LogP) is 4.27. The van der Waals surface area contributed by atoms with E-state index in [-0.39, 0.29) is 17.2 Å². The van der Waals surface area contributed by atoms with Crippen molar-refractivity contribution in [2.24, 2.45) is 4.99 Å². The first-order valence-electron chi connectivity index (χ1n) is 7.90. The molecule has 0 bridgehead atoms. The fraction of sp³-hybridized carbons (Fsp3) is 0.105. The summed E-state index contributed by atoms with van der Waals surface area (Å²) in [6.07, 6.45) is 0. The molecule has 130 valence electrons. The van der Waals surface area contributed by atoms with E-state index in [1.807, 2.05) is 36.4 Å². The lowest BCUT2D eigenvalue weighted by Crippen LogP contribution is -2.16. The van der Waals surface area contributed by atoms with Crippen LogP contribution in [0.15, 0.2) is 53.5 Å². The molecule has 1 heterocycles. The fourth-order valence-electron chi connectivity index (χ4n) is 3.15. The smallest absolute Gasteiger partial charge is 0.315 e. The van der Waals surface area contributed by atoms with Crippen molar-refractivity contribution in [3.8, 4) is 11.5 Å². The third-order valence-electron chi connectivity index (χ3n) is 4.30. The Morgan fingerprint density at radius 1 is 1.08 bits per heavy atom. The van der Waals surface area contributed by atoms with Gasteiger partial charge >= 0.3 is 5.69 Å². The molecule has 0 saturated carbocycles. The SMILES string of the molecule is COc1cc(C2=Nc3cccc4cccc(c34)N2)cc([N+](=O)[O-])c1OC. The van der Waals surface area contributed by atoms with Gasteiger partial charge in [-0.3, -0.25) is 10.1 Å². The molecule has 0 atom stereocenters. The van der Waals surface area contributed by atoms with Crippen molar-refractivity contribution < 1.29 is 14.4 Å². The van der Waals surface area contributed by atoms with E-state index in [0.29, 0.717) is 11.4 Å². The van der Waals surface area contributed by atoms with Gasteiger partial charge in [0.1, 0.15) is 5.84 Å². The number of methoxy groups -OCH3 is 2. The van der Waals surface area contributed by atoms with Gasteiger partial charge in [-0.25, -0.2) is 4.99 Å². The number of hydrogen-bond donors (Lipinski definition) is 1. The first-order chi connectivity index (χ1) is 12.6. The second-order valence-corrected chi connectivity index (χ2v) is 5.75. The summed E-state index contributed by atoms with van der Waals surface area (Å²) in [5.74, 6) is 0.874. The fourth-order valence-corrected chi connectivity index (χ4v) is 3.15. The lowest BCUT2D eigenvalue weighted by molar-refractivity contribution is -0.385. The third-order valence-corrected chi connectivity index (χ3v) is 4.30. The number of amidine groups is 1. The molecule has 0 radical (unpaired) electrons. The van der Waals surface area contributed by atoms with E-state index in [4.69, 9.17) is 9.47 Å². The minimum Gasteiger partial charge on any atom is -0.493 e. The van der Waals surface area contributed by atoms with Crippen molar-refractivity contribution in [2.75, 3.05) is 19.5 Å². The molecule has 0 aromatic heterocycles. The molecule has 0 fully saturated rings. The van der Waals surface area contributed by atoms with E-state index in [0.717, 1.165) is 22.1 Å². The normalized spacial score (nSPS) is 12.3. The molecule has 3 aromatic rings. The van der Waals surface area contributed by atoms with Crippen LogP contribution in [-0.2, 0) is 0 Å². The molecule has 4 rings (SSSR count). The molecule has 0 unspecified atom stereocenters. The highest BCUT2D eigenvalue weighted by atomic mass is 16.6.